The Morgan fingerprint density at radius 3 is 2.62 bits per heavy atom. The molecule has 2 heterocycles. The number of aromatic nitrogens is 2. The maximum absolute atomic E-state index is 12.2. The number of carbonyl (C=O) groups is 2. The van der Waals surface area contributed by atoms with E-state index < -0.39 is 5.91 Å². The molecule has 0 spiro atoms. The molecule has 2 N–H and O–H groups in total. The first kappa shape index (κ1) is 17.4. The van der Waals surface area contributed by atoms with Gasteiger partial charge in [0, 0.05) is 32.4 Å². The predicted molar refractivity (Wildman–Crippen MR) is 88.3 cm³/mol. The topological polar surface area (TPSA) is 95.4 Å². The highest BCUT2D eigenvalue weighted by atomic mass is 16.3. The Kier molecular flexibility index (Phi) is 5.83. The Morgan fingerprint density at radius 1 is 1.21 bits per heavy atom. The largest absolute Gasteiger partial charge is 0.505 e. The molecule has 0 aliphatic rings. The van der Waals surface area contributed by atoms with E-state index in [9.17, 15) is 14.7 Å². The van der Waals surface area contributed by atoms with Crippen molar-refractivity contribution in [3.05, 3.63) is 54.1 Å². The standard InChI is InChI=1S/C17H20N4O3/c1-12(13-6-3-4-9-18-13)21(2)15(23)8-11-20-17(24)16-14(22)7-5-10-19-16/h3-7,9-10,12,22H,8,11H2,1-2H3,(H,20,24). The summed E-state index contributed by atoms with van der Waals surface area (Å²) in [6.07, 6.45) is 3.25. The van der Waals surface area contributed by atoms with Crippen LogP contribution in [0.5, 0.6) is 5.75 Å². The summed E-state index contributed by atoms with van der Waals surface area (Å²) in [5.41, 5.74) is 0.746. The molecule has 0 fully saturated rings. The first-order valence-electron chi connectivity index (χ1n) is 7.59. The number of nitrogens with one attached hydrogen (secondary N) is 1. The zero-order valence-corrected chi connectivity index (χ0v) is 13.6. The molecule has 0 saturated carbocycles. The van der Waals surface area contributed by atoms with Crippen molar-refractivity contribution in [2.75, 3.05) is 13.6 Å². The summed E-state index contributed by atoms with van der Waals surface area (Å²) in [6, 6.07) is 8.31. The van der Waals surface area contributed by atoms with E-state index in [0.717, 1.165) is 5.69 Å². The van der Waals surface area contributed by atoms with Crippen LogP contribution in [0, 0.1) is 0 Å². The molecule has 0 aliphatic heterocycles. The fraction of sp³-hybridized carbons (Fsp3) is 0.294. The summed E-state index contributed by atoms with van der Waals surface area (Å²) in [5, 5.41) is 12.2. The van der Waals surface area contributed by atoms with E-state index in [-0.39, 0.29) is 36.4 Å². The molecule has 1 unspecified atom stereocenters. The molecule has 2 rings (SSSR count). The zero-order valence-electron chi connectivity index (χ0n) is 13.6. The minimum Gasteiger partial charge on any atom is -0.505 e. The van der Waals surface area contributed by atoms with Crippen LogP contribution in [-0.4, -0.2) is 45.4 Å². The summed E-state index contributed by atoms with van der Waals surface area (Å²) in [6.45, 7) is 2.05. The quantitative estimate of drug-likeness (QED) is 0.838. The van der Waals surface area contributed by atoms with Gasteiger partial charge in [0.25, 0.3) is 5.91 Å². The summed E-state index contributed by atoms with van der Waals surface area (Å²) >= 11 is 0. The molecule has 126 valence electrons. The van der Waals surface area contributed by atoms with Crippen molar-refractivity contribution in [3.63, 3.8) is 0 Å². The fourth-order valence-electron chi connectivity index (χ4n) is 2.15. The molecule has 0 saturated heterocycles. The monoisotopic (exact) mass is 328 g/mol. The van der Waals surface area contributed by atoms with Gasteiger partial charge in [-0.15, -0.1) is 0 Å². The summed E-state index contributed by atoms with van der Waals surface area (Å²) in [5.74, 6) is -0.817. The van der Waals surface area contributed by atoms with E-state index in [4.69, 9.17) is 0 Å². The van der Waals surface area contributed by atoms with Crippen LogP contribution in [0.2, 0.25) is 0 Å². The molecule has 0 bridgehead atoms. The third-order valence-electron chi connectivity index (χ3n) is 3.72. The first-order valence-corrected chi connectivity index (χ1v) is 7.59. The lowest BCUT2D eigenvalue weighted by Gasteiger charge is -2.24. The average molecular weight is 328 g/mol. The summed E-state index contributed by atoms with van der Waals surface area (Å²) in [7, 11) is 1.70. The lowest BCUT2D eigenvalue weighted by Crippen LogP contribution is -2.34. The van der Waals surface area contributed by atoms with Gasteiger partial charge in [-0.25, -0.2) is 4.98 Å². The van der Waals surface area contributed by atoms with Gasteiger partial charge in [-0.3, -0.25) is 14.6 Å². The molecule has 24 heavy (non-hydrogen) atoms. The van der Waals surface area contributed by atoms with Gasteiger partial charge in [0.15, 0.2) is 5.69 Å². The normalized spacial score (nSPS) is 11.6. The number of hydrogen-bond donors (Lipinski definition) is 2. The molecule has 7 heteroatoms. The maximum atomic E-state index is 12.2. The van der Waals surface area contributed by atoms with Gasteiger partial charge in [-0.05, 0) is 31.2 Å². The second-order valence-corrected chi connectivity index (χ2v) is 5.31. The van der Waals surface area contributed by atoms with Crippen LogP contribution < -0.4 is 5.32 Å². The number of aromatic hydroxyl groups is 1. The minimum atomic E-state index is -0.513. The van der Waals surface area contributed by atoms with Crippen molar-refractivity contribution in [2.24, 2.45) is 0 Å². The predicted octanol–water partition coefficient (Wildman–Crippen LogP) is 1.52. The molecule has 7 nitrogen and oxygen atoms in total. The number of amides is 2. The number of rotatable bonds is 6. The lowest BCUT2D eigenvalue weighted by molar-refractivity contribution is -0.131. The van der Waals surface area contributed by atoms with Gasteiger partial charge in [0.05, 0.1) is 11.7 Å². The van der Waals surface area contributed by atoms with Gasteiger partial charge in [0.2, 0.25) is 5.91 Å². The average Bonchev–Trinajstić information content (AvgIpc) is 2.61. The van der Waals surface area contributed by atoms with E-state index in [2.05, 4.69) is 15.3 Å². The van der Waals surface area contributed by atoms with E-state index in [1.807, 2.05) is 25.1 Å². The van der Waals surface area contributed by atoms with Gasteiger partial charge >= 0.3 is 0 Å². The maximum Gasteiger partial charge on any atom is 0.273 e. The van der Waals surface area contributed by atoms with Crippen LogP contribution in [0.3, 0.4) is 0 Å². The second-order valence-electron chi connectivity index (χ2n) is 5.31. The summed E-state index contributed by atoms with van der Waals surface area (Å²) < 4.78 is 0. The molecule has 1 atom stereocenters. The number of nitrogens with zero attached hydrogens (tertiary/aromatic N) is 3. The van der Waals surface area contributed by atoms with Crippen molar-refractivity contribution >= 4 is 11.8 Å². The summed E-state index contributed by atoms with van der Waals surface area (Å²) in [4.78, 5) is 33.8. The highest BCUT2D eigenvalue weighted by Gasteiger charge is 2.18. The van der Waals surface area contributed by atoms with Crippen molar-refractivity contribution in [1.29, 1.82) is 0 Å². The highest BCUT2D eigenvalue weighted by Crippen LogP contribution is 2.16. The molecular formula is C17H20N4O3. The Balaban J connectivity index is 1.85. The van der Waals surface area contributed by atoms with Crippen LogP contribution in [0.4, 0.5) is 0 Å². The lowest BCUT2D eigenvalue weighted by atomic mass is 10.2. The molecule has 2 aromatic heterocycles. The number of pyridine rings is 2. The van der Waals surface area contributed by atoms with Crippen molar-refractivity contribution in [2.45, 2.75) is 19.4 Å². The SMILES string of the molecule is CC(c1ccccn1)N(C)C(=O)CCNC(=O)c1ncccc1O. The fourth-order valence-corrected chi connectivity index (χ4v) is 2.15. The van der Waals surface area contributed by atoms with Gasteiger partial charge < -0.3 is 15.3 Å². The Bertz CT molecular complexity index is 706. The first-order chi connectivity index (χ1) is 11.5. The number of carbonyl (C=O) groups excluding carboxylic acids is 2. The van der Waals surface area contributed by atoms with Crippen LogP contribution in [0.1, 0.15) is 35.6 Å². The second kappa shape index (κ2) is 8.05. The molecule has 0 aliphatic carbocycles. The van der Waals surface area contributed by atoms with E-state index in [0.29, 0.717) is 0 Å². The van der Waals surface area contributed by atoms with Crippen molar-refractivity contribution < 1.29 is 14.7 Å². The smallest absolute Gasteiger partial charge is 0.273 e. The zero-order chi connectivity index (χ0) is 17.5. The highest BCUT2D eigenvalue weighted by molar-refractivity contribution is 5.94. The third kappa shape index (κ3) is 4.28. The van der Waals surface area contributed by atoms with E-state index in [1.165, 1.54) is 18.3 Å². The van der Waals surface area contributed by atoms with Crippen LogP contribution in [0.15, 0.2) is 42.7 Å². The van der Waals surface area contributed by atoms with E-state index >= 15 is 0 Å². The van der Waals surface area contributed by atoms with Crippen LogP contribution in [-0.2, 0) is 4.79 Å². The molecular weight excluding hydrogens is 308 g/mol. The van der Waals surface area contributed by atoms with Crippen LogP contribution >= 0.6 is 0 Å². The Labute approximate surface area is 140 Å². The third-order valence-corrected chi connectivity index (χ3v) is 3.72. The molecule has 0 radical (unpaired) electrons. The van der Waals surface area contributed by atoms with Gasteiger partial charge in [0.1, 0.15) is 5.75 Å². The molecule has 2 amide bonds. The van der Waals surface area contributed by atoms with Crippen molar-refractivity contribution in [3.8, 4) is 5.75 Å². The molecule has 0 aromatic carbocycles. The van der Waals surface area contributed by atoms with Crippen LogP contribution in [0.25, 0.3) is 0 Å². The minimum absolute atomic E-state index is 0.0554. The van der Waals surface area contributed by atoms with Gasteiger partial charge in [-0.2, -0.15) is 0 Å². The number of hydrogen-bond acceptors (Lipinski definition) is 5. The van der Waals surface area contributed by atoms with E-state index in [1.54, 1.807) is 18.1 Å². The Hall–Kier alpha value is -2.96. The molecule has 2 aromatic rings. The van der Waals surface area contributed by atoms with Crippen molar-refractivity contribution in [1.82, 2.24) is 20.2 Å². The Morgan fingerprint density at radius 2 is 1.96 bits per heavy atom. The van der Waals surface area contributed by atoms with Gasteiger partial charge in [-0.1, -0.05) is 6.07 Å².